The van der Waals surface area contributed by atoms with E-state index >= 15 is 0 Å². The number of nitro benzene ring substituents is 4. The average molecular weight is 572 g/mol. The van der Waals surface area contributed by atoms with Crippen molar-refractivity contribution in [3.63, 3.8) is 0 Å². The van der Waals surface area contributed by atoms with Crippen LogP contribution in [0, 0.1) is 40.5 Å². The van der Waals surface area contributed by atoms with E-state index in [4.69, 9.17) is 10.8 Å². The number of benzene rings is 2. The Morgan fingerprint density at radius 1 is 0.763 bits per heavy atom. The van der Waals surface area contributed by atoms with Gasteiger partial charge in [-0.3, -0.25) is 45.3 Å². The molecule has 0 fully saturated rings. The first-order valence-corrected chi connectivity index (χ1v) is 12.4. The quantitative estimate of drug-likeness (QED) is 0.127. The molecule has 4 N–H and O–H groups in total. The minimum Gasteiger partial charge on any atom is -0.480 e. The van der Waals surface area contributed by atoms with Gasteiger partial charge < -0.3 is 20.8 Å². The predicted molar refractivity (Wildman–Crippen MR) is 134 cm³/mol. The molecule has 38 heavy (non-hydrogen) atoms. The summed E-state index contributed by atoms with van der Waals surface area (Å²) in [7, 11) is 1.64. The number of carbonyl (C=O) groups is 2. The minimum atomic E-state index is -1.81. The lowest BCUT2D eigenvalue weighted by atomic mass is 10.1. The van der Waals surface area contributed by atoms with Crippen LogP contribution in [-0.2, 0) is 9.59 Å². The molecule has 202 valence electrons. The molecule has 0 heterocycles. The Morgan fingerprint density at radius 3 is 1.53 bits per heavy atom. The summed E-state index contributed by atoms with van der Waals surface area (Å²) in [5, 5.41) is 64.7. The van der Waals surface area contributed by atoms with E-state index < -0.39 is 83.6 Å². The van der Waals surface area contributed by atoms with Gasteiger partial charge in [-0.15, -0.1) is 0 Å². The van der Waals surface area contributed by atoms with E-state index in [2.05, 4.69) is 0 Å². The summed E-state index contributed by atoms with van der Waals surface area (Å²) in [4.78, 5) is 65.8. The number of carboxylic acids is 2. The van der Waals surface area contributed by atoms with Gasteiger partial charge in [0.25, 0.3) is 22.7 Å². The molecule has 0 aliphatic heterocycles. The van der Waals surface area contributed by atoms with Crippen LogP contribution < -0.4 is 10.6 Å². The van der Waals surface area contributed by atoms with Gasteiger partial charge in [0, 0.05) is 23.6 Å². The van der Waals surface area contributed by atoms with Gasteiger partial charge in [-0.1, -0.05) is 21.6 Å². The summed E-state index contributed by atoms with van der Waals surface area (Å²) >= 11 is 0. The standard InChI is InChI=1S/C18H16N6O12S2/c19-11(17(25)26)7-37-38-8-16(18(27)28)20(12-3-1-9(21(29)30)5-14(12)23(33)34)13-4-2-10(22(31)32)6-15(13)24(35)36/h1-6,11,16H,7-8,19H2,(H,25,26)(H,27,28)/t11?,16-/m0/s1. The maximum Gasteiger partial charge on any atom is 0.327 e. The molecule has 0 aromatic heterocycles. The number of anilines is 2. The lowest BCUT2D eigenvalue weighted by molar-refractivity contribution is -0.393. The highest BCUT2D eigenvalue weighted by Gasteiger charge is 2.37. The third kappa shape index (κ3) is 7.02. The third-order valence-electron chi connectivity index (χ3n) is 4.72. The largest absolute Gasteiger partial charge is 0.480 e. The molecule has 2 rings (SSSR count). The highest BCUT2D eigenvalue weighted by Crippen LogP contribution is 2.43. The Kier molecular flexibility index (Phi) is 9.84. The van der Waals surface area contributed by atoms with Crippen LogP contribution in [0.3, 0.4) is 0 Å². The van der Waals surface area contributed by atoms with E-state index in [0.29, 0.717) is 17.0 Å². The summed E-state index contributed by atoms with van der Waals surface area (Å²) < 4.78 is 0. The van der Waals surface area contributed by atoms with Crippen LogP contribution in [-0.4, -0.2) is 65.4 Å². The first kappa shape index (κ1) is 29.7. The van der Waals surface area contributed by atoms with Gasteiger partial charge in [0.05, 0.1) is 31.8 Å². The van der Waals surface area contributed by atoms with Crippen LogP contribution in [0.25, 0.3) is 0 Å². The molecule has 20 heteroatoms. The summed E-state index contributed by atoms with van der Waals surface area (Å²) in [6, 6.07) is 1.26. The predicted octanol–water partition coefficient (Wildman–Crippen LogP) is 2.70. The van der Waals surface area contributed by atoms with Crippen molar-refractivity contribution in [2.75, 3.05) is 16.4 Å². The fourth-order valence-corrected chi connectivity index (χ4v) is 5.28. The second-order valence-electron chi connectivity index (χ2n) is 7.11. The van der Waals surface area contributed by atoms with Crippen molar-refractivity contribution in [2.24, 2.45) is 5.73 Å². The summed E-state index contributed by atoms with van der Waals surface area (Å²) in [6.45, 7) is 0. The molecule has 0 saturated heterocycles. The monoisotopic (exact) mass is 572 g/mol. The molecular formula is C18H16N6O12S2. The first-order chi connectivity index (χ1) is 17.8. The van der Waals surface area contributed by atoms with E-state index in [9.17, 15) is 55.2 Å². The number of nitrogens with two attached hydrogens (primary N) is 1. The van der Waals surface area contributed by atoms with Crippen LogP contribution in [0.2, 0.25) is 0 Å². The van der Waals surface area contributed by atoms with Crippen molar-refractivity contribution in [3.8, 4) is 0 Å². The van der Waals surface area contributed by atoms with Gasteiger partial charge in [-0.25, -0.2) is 4.79 Å². The van der Waals surface area contributed by atoms with Crippen molar-refractivity contribution < 1.29 is 39.5 Å². The molecular weight excluding hydrogens is 556 g/mol. The second-order valence-corrected chi connectivity index (χ2v) is 9.66. The maximum atomic E-state index is 12.3. The zero-order valence-corrected chi connectivity index (χ0v) is 20.3. The second kappa shape index (κ2) is 12.6. The fourth-order valence-electron chi connectivity index (χ4n) is 2.98. The number of hydrogen-bond acceptors (Lipinski definition) is 14. The van der Waals surface area contributed by atoms with Gasteiger partial charge >= 0.3 is 11.9 Å². The van der Waals surface area contributed by atoms with Crippen molar-refractivity contribution in [1.82, 2.24) is 0 Å². The molecule has 0 amide bonds. The van der Waals surface area contributed by atoms with Gasteiger partial charge in [0.1, 0.15) is 23.5 Å². The van der Waals surface area contributed by atoms with Crippen molar-refractivity contribution in [3.05, 3.63) is 76.9 Å². The fraction of sp³-hybridized carbons (Fsp3) is 0.222. The highest BCUT2D eigenvalue weighted by molar-refractivity contribution is 8.76. The summed E-state index contributed by atoms with van der Waals surface area (Å²) in [6.07, 6.45) is 0. The lowest BCUT2D eigenvalue weighted by Gasteiger charge is -2.30. The van der Waals surface area contributed by atoms with Gasteiger partial charge in [0.15, 0.2) is 0 Å². The number of rotatable bonds is 14. The molecule has 0 bridgehead atoms. The zero-order chi connectivity index (χ0) is 28.7. The van der Waals surface area contributed by atoms with Crippen LogP contribution >= 0.6 is 21.6 Å². The zero-order valence-electron chi connectivity index (χ0n) is 18.6. The first-order valence-electron chi connectivity index (χ1n) is 9.86. The molecule has 0 aliphatic rings. The number of aliphatic carboxylic acids is 2. The van der Waals surface area contributed by atoms with Crippen molar-refractivity contribution in [2.45, 2.75) is 12.1 Å². The molecule has 2 atom stereocenters. The minimum absolute atomic E-state index is 0.165. The van der Waals surface area contributed by atoms with Crippen LogP contribution in [0.4, 0.5) is 34.1 Å². The van der Waals surface area contributed by atoms with Crippen molar-refractivity contribution >= 4 is 67.7 Å². The Bertz CT molecular complexity index is 1230. The van der Waals surface area contributed by atoms with Gasteiger partial charge in [-0.05, 0) is 12.1 Å². The topological polar surface area (TPSA) is 276 Å². The normalized spacial score (nSPS) is 12.2. The molecule has 18 nitrogen and oxygen atoms in total. The number of nitrogens with zero attached hydrogens (tertiary/aromatic N) is 5. The molecule has 1 unspecified atom stereocenters. The summed E-state index contributed by atoms with van der Waals surface area (Å²) in [5.41, 5.74) is 0.842. The third-order valence-corrected chi connectivity index (χ3v) is 7.15. The molecule has 0 radical (unpaired) electrons. The molecule has 2 aromatic rings. The van der Waals surface area contributed by atoms with E-state index in [-0.39, 0.29) is 5.75 Å². The highest BCUT2D eigenvalue weighted by atomic mass is 33.1. The van der Waals surface area contributed by atoms with Crippen LogP contribution in [0.1, 0.15) is 0 Å². The Morgan fingerprint density at radius 2 is 1.18 bits per heavy atom. The van der Waals surface area contributed by atoms with Crippen LogP contribution in [0.5, 0.6) is 0 Å². The number of nitro groups is 4. The van der Waals surface area contributed by atoms with E-state index in [1.807, 2.05) is 0 Å². The van der Waals surface area contributed by atoms with E-state index in [1.54, 1.807) is 0 Å². The molecule has 0 saturated carbocycles. The smallest absolute Gasteiger partial charge is 0.327 e. The SMILES string of the molecule is NC(CSSC[C@@H](C(=O)O)N(c1ccc([N+](=O)[O-])cc1[N+](=O)[O-])c1ccc([N+](=O)[O-])cc1[N+](=O)[O-])C(=O)O. The maximum absolute atomic E-state index is 12.3. The van der Waals surface area contributed by atoms with Crippen molar-refractivity contribution in [1.29, 1.82) is 0 Å². The van der Waals surface area contributed by atoms with Crippen LogP contribution in [0.15, 0.2) is 36.4 Å². The Hall–Kier alpha value is -4.56. The summed E-state index contributed by atoms with van der Waals surface area (Å²) in [5.74, 6) is -3.57. The molecule has 2 aromatic carbocycles. The Labute approximate surface area is 218 Å². The number of carboxylic acid groups (broad SMARTS) is 2. The number of hydrogen-bond donors (Lipinski definition) is 3. The van der Waals surface area contributed by atoms with E-state index in [0.717, 1.165) is 45.9 Å². The average Bonchev–Trinajstić information content (AvgIpc) is 2.84. The van der Waals surface area contributed by atoms with Gasteiger partial charge in [0.2, 0.25) is 0 Å². The molecule has 0 aliphatic carbocycles. The lowest BCUT2D eigenvalue weighted by Crippen LogP contribution is -2.40. The van der Waals surface area contributed by atoms with E-state index in [1.165, 1.54) is 0 Å². The molecule has 0 spiro atoms. The number of non-ortho nitro benzene ring substituents is 2. The Balaban J connectivity index is 2.74. The van der Waals surface area contributed by atoms with Gasteiger partial charge in [-0.2, -0.15) is 0 Å².